The Balaban J connectivity index is 2.23. The average Bonchev–Trinajstić information content (AvgIpc) is 2.30. The van der Waals surface area contributed by atoms with Gasteiger partial charge in [-0.15, -0.1) is 0 Å². The van der Waals surface area contributed by atoms with Crippen molar-refractivity contribution in [1.82, 2.24) is 15.6 Å². The third-order valence-electron chi connectivity index (χ3n) is 2.14. The van der Waals surface area contributed by atoms with Crippen molar-refractivity contribution < 1.29 is 14.7 Å². The highest BCUT2D eigenvalue weighted by molar-refractivity contribution is 5.82. The summed E-state index contributed by atoms with van der Waals surface area (Å²) in [6, 6.07) is 2.35. The summed E-state index contributed by atoms with van der Waals surface area (Å²) in [5, 5.41) is 13.5. The molecule has 1 rings (SSSR count). The number of rotatable bonds is 5. The molecule has 0 aliphatic carbocycles. The maximum Gasteiger partial charge on any atom is 0.325 e. The van der Waals surface area contributed by atoms with E-state index in [1.165, 1.54) is 6.92 Å². The van der Waals surface area contributed by atoms with Crippen LogP contribution in [-0.4, -0.2) is 34.7 Å². The van der Waals surface area contributed by atoms with Gasteiger partial charge in [0.15, 0.2) is 0 Å². The first-order valence-corrected chi connectivity index (χ1v) is 5.25. The molecule has 0 saturated carbocycles. The second kappa shape index (κ2) is 6.47. The van der Waals surface area contributed by atoms with E-state index in [0.717, 1.165) is 5.56 Å². The Hall–Kier alpha value is -2.11. The van der Waals surface area contributed by atoms with Crippen LogP contribution >= 0.6 is 0 Å². The smallest absolute Gasteiger partial charge is 0.325 e. The van der Waals surface area contributed by atoms with Crippen LogP contribution in [0.4, 0.5) is 4.79 Å². The first-order chi connectivity index (χ1) is 8.09. The van der Waals surface area contributed by atoms with Crippen molar-refractivity contribution >= 4 is 12.0 Å². The summed E-state index contributed by atoms with van der Waals surface area (Å²) in [6.45, 7) is 1.84. The van der Waals surface area contributed by atoms with E-state index in [2.05, 4.69) is 15.6 Å². The lowest BCUT2D eigenvalue weighted by Gasteiger charge is -2.10. The van der Waals surface area contributed by atoms with Crippen LogP contribution < -0.4 is 10.6 Å². The number of carbonyl (C=O) groups is 2. The van der Waals surface area contributed by atoms with Gasteiger partial charge in [0.25, 0.3) is 0 Å². The standard InChI is InChI=1S/C11H15N3O3/c1-8(10(15)16)14-11(17)13-6-4-9-3-2-5-12-7-9/h2-3,5,7-8H,4,6H2,1H3,(H,15,16)(H2,13,14,17)/t8-/m0/s1. The van der Waals surface area contributed by atoms with Gasteiger partial charge in [0.1, 0.15) is 6.04 Å². The van der Waals surface area contributed by atoms with E-state index in [0.29, 0.717) is 13.0 Å². The maximum atomic E-state index is 11.2. The molecule has 1 atom stereocenters. The Morgan fingerprint density at radius 3 is 2.88 bits per heavy atom. The minimum atomic E-state index is -1.06. The molecular formula is C11H15N3O3. The zero-order valence-corrected chi connectivity index (χ0v) is 9.51. The number of pyridine rings is 1. The Labute approximate surface area is 99.1 Å². The van der Waals surface area contributed by atoms with Gasteiger partial charge in [0.05, 0.1) is 0 Å². The summed E-state index contributed by atoms with van der Waals surface area (Å²) in [5.41, 5.74) is 1.01. The summed E-state index contributed by atoms with van der Waals surface area (Å²) in [7, 11) is 0. The molecule has 0 radical (unpaired) electrons. The highest BCUT2D eigenvalue weighted by Gasteiger charge is 2.12. The molecule has 6 heteroatoms. The van der Waals surface area contributed by atoms with Crippen LogP contribution in [0.1, 0.15) is 12.5 Å². The number of carbonyl (C=O) groups excluding carboxylic acids is 1. The zero-order valence-electron chi connectivity index (χ0n) is 9.51. The van der Waals surface area contributed by atoms with Crippen LogP contribution in [0.15, 0.2) is 24.5 Å². The quantitative estimate of drug-likeness (QED) is 0.691. The molecule has 0 spiro atoms. The van der Waals surface area contributed by atoms with Crippen molar-refractivity contribution in [2.75, 3.05) is 6.54 Å². The van der Waals surface area contributed by atoms with Crippen LogP contribution in [0.2, 0.25) is 0 Å². The Bertz CT molecular complexity index is 381. The van der Waals surface area contributed by atoms with Gasteiger partial charge in [-0.1, -0.05) is 6.07 Å². The molecule has 6 nitrogen and oxygen atoms in total. The van der Waals surface area contributed by atoms with Gasteiger partial charge in [0, 0.05) is 18.9 Å². The normalized spacial score (nSPS) is 11.6. The van der Waals surface area contributed by atoms with Crippen molar-refractivity contribution in [2.24, 2.45) is 0 Å². The average molecular weight is 237 g/mol. The summed E-state index contributed by atoms with van der Waals surface area (Å²) < 4.78 is 0. The minimum Gasteiger partial charge on any atom is -0.480 e. The number of amides is 2. The molecule has 1 heterocycles. The molecule has 0 aliphatic heterocycles. The van der Waals surface area contributed by atoms with Gasteiger partial charge < -0.3 is 15.7 Å². The van der Waals surface area contributed by atoms with E-state index in [9.17, 15) is 9.59 Å². The highest BCUT2D eigenvalue weighted by Crippen LogP contribution is 1.95. The monoisotopic (exact) mass is 237 g/mol. The molecule has 0 unspecified atom stereocenters. The van der Waals surface area contributed by atoms with Gasteiger partial charge in [-0.25, -0.2) is 4.79 Å². The van der Waals surface area contributed by atoms with Crippen molar-refractivity contribution in [1.29, 1.82) is 0 Å². The molecule has 3 N–H and O–H groups in total. The van der Waals surface area contributed by atoms with Gasteiger partial charge in [-0.2, -0.15) is 0 Å². The van der Waals surface area contributed by atoms with Crippen LogP contribution in [0, 0.1) is 0 Å². The number of carboxylic acid groups (broad SMARTS) is 1. The van der Waals surface area contributed by atoms with Gasteiger partial charge >= 0.3 is 12.0 Å². The fraction of sp³-hybridized carbons (Fsp3) is 0.364. The number of hydrogen-bond donors (Lipinski definition) is 3. The Morgan fingerprint density at radius 1 is 1.53 bits per heavy atom. The van der Waals surface area contributed by atoms with Crippen LogP contribution in [0.5, 0.6) is 0 Å². The Kier molecular flexibility index (Phi) is 4.93. The SMILES string of the molecule is C[C@H](NC(=O)NCCc1cccnc1)C(=O)O. The lowest BCUT2D eigenvalue weighted by Crippen LogP contribution is -2.44. The van der Waals surface area contributed by atoms with E-state index >= 15 is 0 Å². The third-order valence-corrected chi connectivity index (χ3v) is 2.14. The molecule has 0 fully saturated rings. The highest BCUT2D eigenvalue weighted by atomic mass is 16.4. The van der Waals surface area contributed by atoms with E-state index in [1.807, 2.05) is 12.1 Å². The van der Waals surface area contributed by atoms with Crippen LogP contribution in [0.25, 0.3) is 0 Å². The molecule has 92 valence electrons. The molecule has 0 aromatic carbocycles. The molecule has 17 heavy (non-hydrogen) atoms. The van der Waals surface area contributed by atoms with E-state index in [-0.39, 0.29) is 0 Å². The van der Waals surface area contributed by atoms with E-state index in [4.69, 9.17) is 5.11 Å². The van der Waals surface area contributed by atoms with E-state index < -0.39 is 18.0 Å². The molecule has 2 amide bonds. The van der Waals surface area contributed by atoms with Gasteiger partial charge in [-0.3, -0.25) is 9.78 Å². The topological polar surface area (TPSA) is 91.3 Å². The predicted octanol–water partition coefficient (Wildman–Crippen LogP) is 0.396. The number of nitrogens with zero attached hydrogens (tertiary/aromatic N) is 1. The van der Waals surface area contributed by atoms with Gasteiger partial charge in [-0.05, 0) is 25.0 Å². The summed E-state index contributed by atoms with van der Waals surface area (Å²) in [6.07, 6.45) is 4.06. The molecule has 0 saturated heterocycles. The lowest BCUT2D eigenvalue weighted by atomic mass is 10.2. The molecular weight excluding hydrogens is 222 g/mol. The van der Waals surface area contributed by atoms with E-state index in [1.54, 1.807) is 12.4 Å². The predicted molar refractivity (Wildman–Crippen MR) is 61.6 cm³/mol. The van der Waals surface area contributed by atoms with Crippen molar-refractivity contribution in [3.05, 3.63) is 30.1 Å². The zero-order chi connectivity index (χ0) is 12.7. The number of urea groups is 1. The number of carboxylic acids is 1. The first kappa shape index (κ1) is 13.0. The van der Waals surface area contributed by atoms with Crippen LogP contribution in [0.3, 0.4) is 0 Å². The fourth-order valence-corrected chi connectivity index (χ4v) is 1.18. The second-order valence-corrected chi connectivity index (χ2v) is 3.57. The molecule has 1 aromatic heterocycles. The lowest BCUT2D eigenvalue weighted by molar-refractivity contribution is -0.138. The van der Waals surface area contributed by atoms with Crippen molar-refractivity contribution in [3.63, 3.8) is 0 Å². The molecule has 1 aromatic rings. The maximum absolute atomic E-state index is 11.2. The number of hydrogen-bond acceptors (Lipinski definition) is 3. The van der Waals surface area contributed by atoms with Crippen molar-refractivity contribution in [2.45, 2.75) is 19.4 Å². The third kappa shape index (κ3) is 4.96. The van der Waals surface area contributed by atoms with Crippen LogP contribution in [-0.2, 0) is 11.2 Å². The van der Waals surface area contributed by atoms with Crippen molar-refractivity contribution in [3.8, 4) is 0 Å². The number of nitrogens with one attached hydrogen (secondary N) is 2. The number of aliphatic carboxylic acids is 1. The second-order valence-electron chi connectivity index (χ2n) is 3.57. The molecule has 0 bridgehead atoms. The van der Waals surface area contributed by atoms with Gasteiger partial charge in [0.2, 0.25) is 0 Å². The largest absolute Gasteiger partial charge is 0.480 e. The fourth-order valence-electron chi connectivity index (χ4n) is 1.18. The molecule has 0 aliphatic rings. The first-order valence-electron chi connectivity index (χ1n) is 5.25. The Morgan fingerprint density at radius 2 is 2.29 bits per heavy atom. The summed E-state index contributed by atoms with van der Waals surface area (Å²) >= 11 is 0. The summed E-state index contributed by atoms with van der Waals surface area (Å²) in [4.78, 5) is 25.7. The number of aromatic nitrogens is 1. The minimum absolute atomic E-state index is 0.434. The summed E-state index contributed by atoms with van der Waals surface area (Å²) in [5.74, 6) is -1.06.